The van der Waals surface area contributed by atoms with Crippen LogP contribution in [0.5, 0.6) is 0 Å². The fraction of sp³-hybridized carbons (Fsp3) is 0.111. The van der Waals surface area contributed by atoms with Gasteiger partial charge in [-0.05, 0) is 36.6 Å². The number of thioether (sulfide) groups is 1. The van der Waals surface area contributed by atoms with E-state index in [9.17, 15) is 17.6 Å². The van der Waals surface area contributed by atoms with Crippen molar-refractivity contribution in [2.75, 3.05) is 17.3 Å². The van der Waals surface area contributed by atoms with Gasteiger partial charge in [0.15, 0.2) is 0 Å². The van der Waals surface area contributed by atoms with Crippen molar-refractivity contribution in [2.45, 2.75) is 21.4 Å². The molecule has 11 heteroatoms. The number of nitrogen functional groups attached to an aromatic ring is 1. The molecule has 0 spiro atoms. The van der Waals surface area contributed by atoms with Gasteiger partial charge in [0.2, 0.25) is 15.7 Å². The largest absolute Gasteiger partial charge is 0.383 e. The molecular weight excluding hydrogens is 439 g/mol. The first-order chi connectivity index (χ1) is 13.7. The van der Waals surface area contributed by atoms with Crippen molar-refractivity contribution in [3.8, 4) is 0 Å². The van der Waals surface area contributed by atoms with E-state index in [1.807, 2.05) is 0 Å². The quantitative estimate of drug-likeness (QED) is 0.552. The van der Waals surface area contributed by atoms with Crippen molar-refractivity contribution < 1.29 is 17.6 Å². The summed E-state index contributed by atoms with van der Waals surface area (Å²) in [6.07, 6.45) is 1.66. The van der Waals surface area contributed by atoms with Gasteiger partial charge < -0.3 is 11.1 Å². The molecule has 152 valence electrons. The first kappa shape index (κ1) is 21.2. The van der Waals surface area contributed by atoms with Crippen molar-refractivity contribution in [2.24, 2.45) is 0 Å². The molecule has 3 N–H and O–H groups in total. The lowest BCUT2D eigenvalue weighted by atomic mass is 10.3. The second-order valence-electron chi connectivity index (χ2n) is 5.87. The minimum absolute atomic E-state index is 0.0759. The zero-order chi connectivity index (χ0) is 21.2. The molecule has 29 heavy (non-hydrogen) atoms. The van der Waals surface area contributed by atoms with Crippen molar-refractivity contribution >= 4 is 50.6 Å². The van der Waals surface area contributed by atoms with Gasteiger partial charge in [0.05, 0.1) is 9.92 Å². The molecule has 0 fully saturated rings. The van der Waals surface area contributed by atoms with Gasteiger partial charge in [-0.1, -0.05) is 29.8 Å². The Labute approximate surface area is 176 Å². The van der Waals surface area contributed by atoms with Crippen LogP contribution in [-0.4, -0.2) is 30.4 Å². The van der Waals surface area contributed by atoms with E-state index in [4.69, 9.17) is 17.3 Å². The maximum absolute atomic E-state index is 13.2. The Morgan fingerprint density at radius 3 is 2.59 bits per heavy atom. The number of nitrogens with one attached hydrogen (secondary N) is 1. The predicted molar refractivity (Wildman–Crippen MR) is 110 cm³/mol. The van der Waals surface area contributed by atoms with Gasteiger partial charge in [0, 0.05) is 5.69 Å². The van der Waals surface area contributed by atoms with Crippen molar-refractivity contribution in [3.63, 3.8) is 0 Å². The van der Waals surface area contributed by atoms with E-state index in [0.717, 1.165) is 22.5 Å². The third kappa shape index (κ3) is 4.39. The molecule has 1 heterocycles. The molecule has 0 saturated carbocycles. The van der Waals surface area contributed by atoms with Crippen molar-refractivity contribution in [1.82, 2.24) is 9.78 Å². The highest BCUT2D eigenvalue weighted by Gasteiger charge is 2.29. The molecule has 2 aromatic carbocycles. The summed E-state index contributed by atoms with van der Waals surface area (Å²) in [7, 11) is -3.92. The van der Waals surface area contributed by atoms with Gasteiger partial charge in [-0.15, -0.1) is 11.8 Å². The maximum Gasteiger partial charge on any atom is 0.246 e. The van der Waals surface area contributed by atoms with E-state index in [1.54, 1.807) is 24.5 Å². The number of carbonyl (C=O) groups excluding carboxylic acids is 1. The number of nitrogens with zero attached hydrogens (tertiary/aromatic N) is 2. The van der Waals surface area contributed by atoms with Crippen LogP contribution in [0.1, 0.15) is 0 Å². The third-order valence-electron chi connectivity index (χ3n) is 3.93. The lowest BCUT2D eigenvalue weighted by molar-refractivity contribution is -0.116. The Morgan fingerprint density at radius 2 is 1.97 bits per heavy atom. The van der Waals surface area contributed by atoms with Crippen LogP contribution in [0.15, 0.2) is 63.3 Å². The molecule has 0 bridgehead atoms. The molecule has 0 radical (unpaired) electrons. The Hall–Kier alpha value is -2.56. The van der Waals surface area contributed by atoms with Gasteiger partial charge in [-0.2, -0.15) is 5.10 Å². The Balaban J connectivity index is 1.90. The van der Waals surface area contributed by atoms with Gasteiger partial charge in [-0.3, -0.25) is 4.79 Å². The highest BCUT2D eigenvalue weighted by molar-refractivity contribution is 7.99. The fourth-order valence-corrected chi connectivity index (χ4v) is 5.20. The van der Waals surface area contributed by atoms with Gasteiger partial charge in [0.25, 0.3) is 0 Å². The second-order valence-corrected chi connectivity index (χ2v) is 8.96. The Kier molecular flexibility index (Phi) is 6.15. The first-order valence-corrected chi connectivity index (χ1v) is 11.3. The number of hydrogen-bond donors (Lipinski definition) is 2. The summed E-state index contributed by atoms with van der Waals surface area (Å²) in [6.45, 7) is -0.335. The monoisotopic (exact) mass is 454 g/mol. The maximum atomic E-state index is 13.2. The SMILES string of the molecule is CSc1nn(CC(=O)Nc2ccc(F)c(Cl)c2)c(N)c1S(=O)(=O)c1ccccc1. The van der Waals surface area contributed by atoms with E-state index < -0.39 is 21.6 Å². The van der Waals surface area contributed by atoms with Crippen molar-refractivity contribution in [3.05, 3.63) is 59.4 Å². The smallest absolute Gasteiger partial charge is 0.246 e. The Bertz CT molecular complexity index is 1170. The molecule has 0 atom stereocenters. The second kappa shape index (κ2) is 8.44. The standard InChI is InChI=1S/C18H16ClFN4O3S2/c1-28-18-16(29(26,27)12-5-3-2-4-6-12)17(21)24(23-18)10-15(25)22-11-7-8-14(20)13(19)9-11/h2-9H,10,21H2,1H3,(H,22,25). The van der Waals surface area contributed by atoms with E-state index in [2.05, 4.69) is 10.4 Å². The highest BCUT2D eigenvalue weighted by atomic mass is 35.5. The van der Waals surface area contributed by atoms with Crippen LogP contribution in [0.2, 0.25) is 5.02 Å². The normalized spacial score (nSPS) is 11.4. The first-order valence-electron chi connectivity index (χ1n) is 8.19. The number of halogens is 2. The molecule has 0 aliphatic heterocycles. The topological polar surface area (TPSA) is 107 Å². The molecule has 7 nitrogen and oxygen atoms in total. The number of sulfone groups is 1. The number of benzene rings is 2. The molecular formula is C18H16ClFN4O3S2. The minimum Gasteiger partial charge on any atom is -0.383 e. The molecule has 3 aromatic rings. The van der Waals surface area contributed by atoms with E-state index in [-0.39, 0.29) is 37.9 Å². The fourth-order valence-electron chi connectivity index (χ4n) is 2.57. The molecule has 0 unspecified atom stereocenters. The number of amides is 1. The molecule has 0 aliphatic rings. The number of hydrogen-bond acceptors (Lipinski definition) is 6. The van der Waals surface area contributed by atoms with Crippen LogP contribution in [0.3, 0.4) is 0 Å². The lowest BCUT2D eigenvalue weighted by Gasteiger charge is -2.08. The Morgan fingerprint density at radius 1 is 1.28 bits per heavy atom. The number of aromatic nitrogens is 2. The molecule has 1 amide bonds. The van der Waals surface area contributed by atoms with Gasteiger partial charge in [-0.25, -0.2) is 17.5 Å². The van der Waals surface area contributed by atoms with Crippen molar-refractivity contribution in [1.29, 1.82) is 0 Å². The number of carbonyl (C=O) groups is 1. The number of nitrogens with two attached hydrogens (primary N) is 1. The number of anilines is 2. The summed E-state index contributed by atoms with van der Waals surface area (Å²) in [5.74, 6) is -1.29. The minimum atomic E-state index is -3.92. The van der Waals surface area contributed by atoms with Crippen LogP contribution in [0.25, 0.3) is 0 Å². The van der Waals surface area contributed by atoms with Crippen LogP contribution in [0, 0.1) is 5.82 Å². The number of rotatable bonds is 6. The van der Waals surface area contributed by atoms with Gasteiger partial charge >= 0.3 is 0 Å². The van der Waals surface area contributed by atoms with Crippen LogP contribution in [0.4, 0.5) is 15.9 Å². The summed E-state index contributed by atoms with van der Waals surface area (Å²) in [5.41, 5.74) is 6.33. The van der Waals surface area contributed by atoms with Crippen LogP contribution in [-0.2, 0) is 21.2 Å². The summed E-state index contributed by atoms with van der Waals surface area (Å²) >= 11 is 6.81. The zero-order valence-corrected chi connectivity index (χ0v) is 17.5. The third-order valence-corrected chi connectivity index (χ3v) is 6.85. The lowest BCUT2D eigenvalue weighted by Crippen LogP contribution is -2.21. The summed E-state index contributed by atoms with van der Waals surface area (Å²) in [4.78, 5) is 12.3. The van der Waals surface area contributed by atoms with Crippen LogP contribution >= 0.6 is 23.4 Å². The summed E-state index contributed by atoms with van der Waals surface area (Å²) in [5, 5.41) is 6.75. The predicted octanol–water partition coefficient (Wildman–Crippen LogP) is 3.45. The molecule has 1 aromatic heterocycles. The highest BCUT2D eigenvalue weighted by Crippen LogP contribution is 2.33. The van der Waals surface area contributed by atoms with Crippen LogP contribution < -0.4 is 11.1 Å². The summed E-state index contributed by atoms with van der Waals surface area (Å²) in [6, 6.07) is 11.6. The molecule has 3 rings (SSSR count). The average Bonchev–Trinajstić information content (AvgIpc) is 3.01. The van der Waals surface area contributed by atoms with E-state index in [1.165, 1.54) is 24.3 Å². The zero-order valence-electron chi connectivity index (χ0n) is 15.1. The van der Waals surface area contributed by atoms with E-state index >= 15 is 0 Å². The molecule has 0 aliphatic carbocycles. The molecule has 0 saturated heterocycles. The summed E-state index contributed by atoms with van der Waals surface area (Å²) < 4.78 is 40.3. The van der Waals surface area contributed by atoms with Gasteiger partial charge in [0.1, 0.15) is 28.1 Å². The van der Waals surface area contributed by atoms with E-state index in [0.29, 0.717) is 0 Å². The average molecular weight is 455 g/mol.